The molecule has 1 aromatic heterocycles. The van der Waals surface area contributed by atoms with Crippen molar-refractivity contribution >= 4 is 56.8 Å². The van der Waals surface area contributed by atoms with Gasteiger partial charge in [0.2, 0.25) is 0 Å². The van der Waals surface area contributed by atoms with Crippen LogP contribution in [0.2, 0.25) is 0 Å². The predicted octanol–water partition coefficient (Wildman–Crippen LogP) is 5.66. The fourth-order valence-corrected chi connectivity index (χ4v) is 4.84. The van der Waals surface area contributed by atoms with Crippen molar-refractivity contribution in [1.29, 1.82) is 0 Å². The van der Waals surface area contributed by atoms with Crippen molar-refractivity contribution in [3.05, 3.63) is 53.1 Å². The molecule has 4 nitrogen and oxygen atoms in total. The standard InChI is InChI=1S/C22H27N3OS2.ClH/c1-15-12-16(2)20-19(13-15)28-22(23-20)25(11-7-10-24(3)4)21(26)17-8-6-9-18(14-17)27-5;/h6,8-9,12-14H,7,10-11H2,1-5H3;1H. The summed E-state index contributed by atoms with van der Waals surface area (Å²) in [4.78, 5) is 23.3. The van der Waals surface area contributed by atoms with Gasteiger partial charge in [0, 0.05) is 17.0 Å². The number of amides is 1. The molecule has 1 amide bonds. The molecule has 0 bridgehead atoms. The average molecular weight is 450 g/mol. The van der Waals surface area contributed by atoms with Gasteiger partial charge in [-0.3, -0.25) is 9.69 Å². The second-order valence-electron chi connectivity index (χ2n) is 7.27. The van der Waals surface area contributed by atoms with Crippen molar-refractivity contribution in [2.24, 2.45) is 0 Å². The number of hydrogen-bond acceptors (Lipinski definition) is 5. The summed E-state index contributed by atoms with van der Waals surface area (Å²) >= 11 is 3.25. The normalized spacial score (nSPS) is 11.0. The Morgan fingerprint density at radius 2 is 1.90 bits per heavy atom. The van der Waals surface area contributed by atoms with E-state index in [9.17, 15) is 4.79 Å². The van der Waals surface area contributed by atoms with Gasteiger partial charge in [0.15, 0.2) is 5.13 Å². The van der Waals surface area contributed by atoms with E-state index in [1.165, 1.54) is 5.56 Å². The number of anilines is 1. The van der Waals surface area contributed by atoms with Crippen molar-refractivity contribution < 1.29 is 4.79 Å². The largest absolute Gasteiger partial charge is 0.309 e. The lowest BCUT2D eigenvalue weighted by Crippen LogP contribution is -2.33. The third-order valence-electron chi connectivity index (χ3n) is 4.60. The molecule has 0 spiro atoms. The Hall–Kier alpha value is -1.60. The Bertz CT molecular complexity index is 987. The minimum Gasteiger partial charge on any atom is -0.309 e. The van der Waals surface area contributed by atoms with Crippen molar-refractivity contribution in [3.8, 4) is 0 Å². The number of fused-ring (bicyclic) bond motifs is 1. The van der Waals surface area contributed by atoms with Crippen molar-refractivity contribution in [3.63, 3.8) is 0 Å². The maximum absolute atomic E-state index is 13.4. The summed E-state index contributed by atoms with van der Waals surface area (Å²) in [5.74, 6) is 0.0167. The first-order valence-corrected chi connectivity index (χ1v) is 11.4. The molecule has 3 rings (SSSR count). The van der Waals surface area contributed by atoms with Crippen LogP contribution < -0.4 is 4.90 Å². The Kier molecular flexibility index (Phi) is 8.52. The van der Waals surface area contributed by atoms with E-state index in [-0.39, 0.29) is 18.3 Å². The fourth-order valence-electron chi connectivity index (χ4n) is 3.22. The highest BCUT2D eigenvalue weighted by Crippen LogP contribution is 2.32. The molecule has 0 aliphatic carbocycles. The summed E-state index contributed by atoms with van der Waals surface area (Å²) in [6.07, 6.45) is 2.92. The van der Waals surface area contributed by atoms with Crippen molar-refractivity contribution in [2.75, 3.05) is 38.3 Å². The Morgan fingerprint density at radius 3 is 2.59 bits per heavy atom. The van der Waals surface area contributed by atoms with E-state index in [4.69, 9.17) is 4.98 Å². The molecule has 1 heterocycles. The van der Waals surface area contributed by atoms with E-state index < -0.39 is 0 Å². The lowest BCUT2D eigenvalue weighted by molar-refractivity contribution is 0.0986. The van der Waals surface area contributed by atoms with Gasteiger partial charge < -0.3 is 4.90 Å². The molecule has 2 aromatic carbocycles. The van der Waals surface area contributed by atoms with Crippen LogP contribution in [0, 0.1) is 13.8 Å². The molecular formula is C22H28ClN3OS2. The van der Waals surface area contributed by atoms with Gasteiger partial charge >= 0.3 is 0 Å². The van der Waals surface area contributed by atoms with Gasteiger partial charge in [0.25, 0.3) is 5.91 Å². The SMILES string of the molecule is CSc1cccc(C(=O)N(CCCN(C)C)c2nc3c(C)cc(C)cc3s2)c1.Cl. The predicted molar refractivity (Wildman–Crippen MR) is 129 cm³/mol. The molecule has 3 aromatic rings. The number of nitrogens with zero attached hydrogens (tertiary/aromatic N) is 3. The molecular weight excluding hydrogens is 422 g/mol. The summed E-state index contributed by atoms with van der Waals surface area (Å²) in [6, 6.07) is 12.1. The number of carbonyl (C=O) groups is 1. The Balaban J connectivity index is 0.00000300. The molecule has 0 unspecified atom stereocenters. The molecule has 29 heavy (non-hydrogen) atoms. The third-order valence-corrected chi connectivity index (χ3v) is 6.35. The zero-order chi connectivity index (χ0) is 20.3. The molecule has 0 N–H and O–H groups in total. The summed E-state index contributed by atoms with van der Waals surface area (Å²) in [7, 11) is 4.11. The molecule has 0 saturated carbocycles. The van der Waals surface area contributed by atoms with Crippen LogP contribution in [0.3, 0.4) is 0 Å². The maximum atomic E-state index is 13.4. The highest BCUT2D eigenvalue weighted by Gasteiger charge is 2.22. The monoisotopic (exact) mass is 449 g/mol. The third kappa shape index (κ3) is 5.72. The number of rotatable bonds is 7. The van der Waals surface area contributed by atoms with Crippen LogP contribution >= 0.6 is 35.5 Å². The number of benzene rings is 2. The molecule has 7 heteroatoms. The van der Waals surface area contributed by atoms with E-state index in [1.807, 2.05) is 35.4 Å². The highest BCUT2D eigenvalue weighted by molar-refractivity contribution is 7.98. The number of thiazole rings is 1. The molecule has 0 radical (unpaired) electrons. The summed E-state index contributed by atoms with van der Waals surface area (Å²) in [6.45, 7) is 5.76. The van der Waals surface area contributed by atoms with Gasteiger partial charge in [-0.1, -0.05) is 23.5 Å². The minimum absolute atomic E-state index is 0. The molecule has 0 atom stereocenters. The van der Waals surface area contributed by atoms with Crippen LogP contribution in [0.4, 0.5) is 5.13 Å². The van der Waals surface area contributed by atoms with Crippen molar-refractivity contribution in [1.82, 2.24) is 9.88 Å². The first-order valence-electron chi connectivity index (χ1n) is 9.37. The van der Waals surface area contributed by atoms with E-state index in [0.29, 0.717) is 12.1 Å². The van der Waals surface area contributed by atoms with Gasteiger partial charge in [0.1, 0.15) is 0 Å². The van der Waals surface area contributed by atoms with Gasteiger partial charge in [-0.2, -0.15) is 0 Å². The minimum atomic E-state index is 0. The fraction of sp³-hybridized carbons (Fsp3) is 0.364. The van der Waals surface area contributed by atoms with Crippen LogP contribution in [0.25, 0.3) is 10.2 Å². The van der Waals surface area contributed by atoms with Gasteiger partial charge in [-0.25, -0.2) is 4.98 Å². The Labute approximate surface area is 187 Å². The van der Waals surface area contributed by atoms with Crippen molar-refractivity contribution in [2.45, 2.75) is 25.2 Å². The van der Waals surface area contributed by atoms with Crippen LogP contribution in [0.15, 0.2) is 41.3 Å². The topological polar surface area (TPSA) is 36.4 Å². The number of carbonyl (C=O) groups excluding carboxylic acids is 1. The van der Waals surface area contributed by atoms with Crippen LogP contribution in [-0.2, 0) is 0 Å². The van der Waals surface area contributed by atoms with E-state index in [2.05, 4.69) is 45.0 Å². The molecule has 0 aliphatic rings. The second-order valence-corrected chi connectivity index (χ2v) is 9.16. The second kappa shape index (κ2) is 10.4. The van der Waals surface area contributed by atoms with Gasteiger partial charge in [0.05, 0.1) is 10.2 Å². The van der Waals surface area contributed by atoms with Crippen LogP contribution in [0.5, 0.6) is 0 Å². The summed E-state index contributed by atoms with van der Waals surface area (Å²) in [5, 5.41) is 0.780. The van der Waals surface area contributed by atoms with Crippen LogP contribution in [0.1, 0.15) is 27.9 Å². The first-order chi connectivity index (χ1) is 13.4. The number of aryl methyl sites for hydroxylation is 2. The zero-order valence-electron chi connectivity index (χ0n) is 17.6. The number of hydrogen-bond donors (Lipinski definition) is 0. The average Bonchev–Trinajstić information content (AvgIpc) is 3.08. The lowest BCUT2D eigenvalue weighted by Gasteiger charge is -2.21. The zero-order valence-corrected chi connectivity index (χ0v) is 20.0. The first kappa shape index (κ1) is 23.7. The quantitative estimate of drug-likeness (QED) is 0.436. The lowest BCUT2D eigenvalue weighted by atomic mass is 10.1. The van der Waals surface area contributed by atoms with Crippen LogP contribution in [-0.4, -0.2) is 49.2 Å². The van der Waals surface area contributed by atoms with E-state index in [0.717, 1.165) is 38.8 Å². The molecule has 0 saturated heterocycles. The van der Waals surface area contributed by atoms with Gasteiger partial charge in [-0.15, -0.1) is 24.2 Å². The smallest absolute Gasteiger partial charge is 0.260 e. The summed E-state index contributed by atoms with van der Waals surface area (Å²) < 4.78 is 1.13. The van der Waals surface area contributed by atoms with E-state index >= 15 is 0 Å². The number of halogens is 1. The maximum Gasteiger partial charge on any atom is 0.260 e. The summed E-state index contributed by atoms with van der Waals surface area (Å²) in [5.41, 5.74) is 4.08. The molecule has 156 valence electrons. The Morgan fingerprint density at radius 1 is 1.14 bits per heavy atom. The number of thioether (sulfide) groups is 1. The van der Waals surface area contributed by atoms with Gasteiger partial charge in [-0.05, 0) is 82.6 Å². The molecule has 0 fully saturated rings. The van der Waals surface area contributed by atoms with E-state index in [1.54, 1.807) is 23.1 Å². The molecule has 0 aliphatic heterocycles. The number of aromatic nitrogens is 1. The highest BCUT2D eigenvalue weighted by atomic mass is 35.5.